The molecule has 0 amide bonds. The maximum absolute atomic E-state index is 7.03. The normalized spacial score (nSPS) is 9.70. The molecule has 10 heavy (non-hydrogen) atoms. The number of thiophene rings is 1. The lowest BCUT2D eigenvalue weighted by Gasteiger charge is -1.93. The second-order valence-corrected chi connectivity index (χ2v) is 3.75. The van der Waals surface area contributed by atoms with E-state index in [1.54, 1.807) is 11.3 Å². The SMILES string of the molecule is N=C(N)Cc1sccc1Br. The van der Waals surface area contributed by atoms with Crippen molar-refractivity contribution in [1.29, 1.82) is 5.41 Å². The Morgan fingerprint density at radius 3 is 2.90 bits per heavy atom. The van der Waals surface area contributed by atoms with Gasteiger partial charge in [-0.1, -0.05) is 0 Å². The van der Waals surface area contributed by atoms with Crippen molar-refractivity contribution in [3.05, 3.63) is 20.8 Å². The smallest absolute Gasteiger partial charge is 0.0958 e. The number of hydrogen-bond acceptors (Lipinski definition) is 2. The molecule has 0 bridgehead atoms. The maximum atomic E-state index is 7.03. The number of rotatable bonds is 2. The lowest BCUT2D eigenvalue weighted by atomic mass is 10.3. The van der Waals surface area contributed by atoms with Crippen LogP contribution >= 0.6 is 27.3 Å². The Labute approximate surface area is 71.7 Å². The summed E-state index contributed by atoms with van der Waals surface area (Å²) in [4.78, 5) is 1.12. The molecule has 1 aromatic heterocycles. The van der Waals surface area contributed by atoms with E-state index in [1.165, 1.54) is 0 Å². The van der Waals surface area contributed by atoms with Crippen LogP contribution in [0.3, 0.4) is 0 Å². The first kappa shape index (κ1) is 7.75. The van der Waals surface area contributed by atoms with Gasteiger partial charge in [0.25, 0.3) is 0 Å². The standard InChI is InChI=1S/C6H7BrN2S/c7-4-1-2-10-5(4)3-6(8)9/h1-2H,3H2,(H3,8,9). The summed E-state index contributed by atoms with van der Waals surface area (Å²) >= 11 is 4.96. The molecule has 4 heteroatoms. The lowest BCUT2D eigenvalue weighted by Crippen LogP contribution is -2.11. The molecule has 54 valence electrons. The van der Waals surface area contributed by atoms with Crippen LogP contribution in [0.1, 0.15) is 4.88 Å². The first-order chi connectivity index (χ1) is 4.70. The Morgan fingerprint density at radius 1 is 1.80 bits per heavy atom. The predicted molar refractivity (Wildman–Crippen MR) is 47.6 cm³/mol. The summed E-state index contributed by atoms with van der Waals surface area (Å²) in [7, 11) is 0. The van der Waals surface area contributed by atoms with Gasteiger partial charge in [-0.2, -0.15) is 0 Å². The van der Waals surface area contributed by atoms with E-state index < -0.39 is 0 Å². The molecule has 2 nitrogen and oxygen atoms in total. The molecule has 0 atom stereocenters. The third kappa shape index (κ3) is 1.82. The molecule has 3 N–H and O–H groups in total. The first-order valence-corrected chi connectivity index (χ1v) is 4.42. The third-order valence-electron chi connectivity index (χ3n) is 1.04. The maximum Gasteiger partial charge on any atom is 0.0958 e. The second kappa shape index (κ2) is 3.16. The zero-order chi connectivity index (χ0) is 7.56. The van der Waals surface area contributed by atoms with E-state index in [2.05, 4.69) is 15.9 Å². The Hall–Kier alpha value is -0.350. The van der Waals surface area contributed by atoms with Gasteiger partial charge < -0.3 is 5.73 Å². The third-order valence-corrected chi connectivity index (χ3v) is 2.97. The fourth-order valence-electron chi connectivity index (χ4n) is 0.624. The van der Waals surface area contributed by atoms with Crippen LogP contribution in [-0.2, 0) is 6.42 Å². The summed E-state index contributed by atoms with van der Waals surface area (Å²) in [6.45, 7) is 0. The van der Waals surface area contributed by atoms with Crippen LogP contribution in [0.2, 0.25) is 0 Å². The molecule has 0 radical (unpaired) electrons. The second-order valence-electron chi connectivity index (χ2n) is 1.89. The summed E-state index contributed by atoms with van der Waals surface area (Å²) in [5, 5.41) is 9.01. The van der Waals surface area contributed by atoms with Crippen LogP contribution in [0, 0.1) is 5.41 Å². The van der Waals surface area contributed by atoms with Crippen LogP contribution in [0.4, 0.5) is 0 Å². The summed E-state index contributed by atoms with van der Waals surface area (Å²) in [6, 6.07) is 1.96. The van der Waals surface area contributed by atoms with Gasteiger partial charge >= 0.3 is 0 Å². The zero-order valence-corrected chi connectivity index (χ0v) is 7.63. The van der Waals surface area contributed by atoms with Crippen LogP contribution in [0.5, 0.6) is 0 Å². The summed E-state index contributed by atoms with van der Waals surface area (Å²) in [5.41, 5.74) is 5.22. The highest BCUT2D eigenvalue weighted by atomic mass is 79.9. The molecule has 0 saturated heterocycles. The van der Waals surface area contributed by atoms with Crippen molar-refractivity contribution in [2.75, 3.05) is 0 Å². The van der Waals surface area contributed by atoms with E-state index >= 15 is 0 Å². The molecule has 0 unspecified atom stereocenters. The Morgan fingerprint density at radius 2 is 2.50 bits per heavy atom. The first-order valence-electron chi connectivity index (χ1n) is 2.75. The van der Waals surface area contributed by atoms with E-state index in [-0.39, 0.29) is 5.84 Å². The summed E-state index contributed by atoms with van der Waals surface area (Å²) in [5.74, 6) is 0.211. The minimum atomic E-state index is 0.211. The molecule has 0 fully saturated rings. The van der Waals surface area contributed by atoms with E-state index in [0.717, 1.165) is 9.35 Å². The lowest BCUT2D eigenvalue weighted by molar-refractivity contribution is 1.28. The summed E-state index contributed by atoms with van der Waals surface area (Å²) in [6.07, 6.45) is 0.554. The average molecular weight is 219 g/mol. The van der Waals surface area contributed by atoms with Crippen molar-refractivity contribution in [2.45, 2.75) is 6.42 Å². The van der Waals surface area contributed by atoms with Gasteiger partial charge in [0.05, 0.1) is 5.84 Å². The fraction of sp³-hybridized carbons (Fsp3) is 0.167. The van der Waals surface area contributed by atoms with Gasteiger partial charge in [-0.15, -0.1) is 11.3 Å². The number of nitrogens with one attached hydrogen (secondary N) is 1. The quantitative estimate of drug-likeness (QED) is 0.580. The highest BCUT2D eigenvalue weighted by molar-refractivity contribution is 9.10. The van der Waals surface area contributed by atoms with Gasteiger partial charge in [0.1, 0.15) is 0 Å². The van der Waals surface area contributed by atoms with Gasteiger partial charge in [0.15, 0.2) is 0 Å². The number of nitrogens with two attached hydrogens (primary N) is 1. The van der Waals surface area contributed by atoms with Gasteiger partial charge in [-0.05, 0) is 27.4 Å². The minimum Gasteiger partial charge on any atom is -0.387 e. The van der Waals surface area contributed by atoms with Crippen molar-refractivity contribution in [2.24, 2.45) is 5.73 Å². The van der Waals surface area contributed by atoms with E-state index in [4.69, 9.17) is 11.1 Å². The van der Waals surface area contributed by atoms with Crippen molar-refractivity contribution >= 4 is 33.1 Å². The number of amidine groups is 1. The molecule has 0 aliphatic heterocycles. The van der Waals surface area contributed by atoms with Gasteiger partial charge in [0.2, 0.25) is 0 Å². The van der Waals surface area contributed by atoms with E-state index in [0.29, 0.717) is 6.42 Å². The predicted octanol–water partition coefficient (Wildman–Crippen LogP) is 1.99. The van der Waals surface area contributed by atoms with Crippen LogP contribution in [-0.4, -0.2) is 5.84 Å². The van der Waals surface area contributed by atoms with Crippen molar-refractivity contribution in [1.82, 2.24) is 0 Å². The van der Waals surface area contributed by atoms with Crippen molar-refractivity contribution in [3.8, 4) is 0 Å². The Kier molecular flexibility index (Phi) is 2.45. The summed E-state index contributed by atoms with van der Waals surface area (Å²) < 4.78 is 1.05. The average Bonchev–Trinajstić information content (AvgIpc) is 2.15. The molecule has 1 aromatic rings. The van der Waals surface area contributed by atoms with Crippen LogP contribution in [0.25, 0.3) is 0 Å². The molecule has 0 aromatic carbocycles. The van der Waals surface area contributed by atoms with Crippen molar-refractivity contribution in [3.63, 3.8) is 0 Å². The van der Waals surface area contributed by atoms with Crippen molar-refractivity contribution < 1.29 is 0 Å². The molecule has 0 aliphatic rings. The zero-order valence-electron chi connectivity index (χ0n) is 5.23. The molecule has 0 spiro atoms. The van der Waals surface area contributed by atoms with Gasteiger partial charge in [0, 0.05) is 15.8 Å². The van der Waals surface area contributed by atoms with Gasteiger partial charge in [-0.25, -0.2) is 0 Å². The number of hydrogen-bond donors (Lipinski definition) is 2. The number of halogens is 1. The Balaban J connectivity index is 2.74. The largest absolute Gasteiger partial charge is 0.387 e. The van der Waals surface area contributed by atoms with Crippen LogP contribution in [0.15, 0.2) is 15.9 Å². The van der Waals surface area contributed by atoms with E-state index in [1.807, 2.05) is 11.4 Å². The highest BCUT2D eigenvalue weighted by Gasteiger charge is 2.01. The monoisotopic (exact) mass is 218 g/mol. The Bertz CT molecular complexity index is 244. The molecular weight excluding hydrogens is 212 g/mol. The molecule has 0 saturated carbocycles. The van der Waals surface area contributed by atoms with E-state index in [9.17, 15) is 0 Å². The minimum absolute atomic E-state index is 0.211. The topological polar surface area (TPSA) is 49.9 Å². The van der Waals surface area contributed by atoms with Gasteiger partial charge in [-0.3, -0.25) is 5.41 Å². The molecule has 1 heterocycles. The molecular formula is C6H7BrN2S. The highest BCUT2D eigenvalue weighted by Crippen LogP contribution is 2.22. The fourth-order valence-corrected chi connectivity index (χ4v) is 2.14. The molecule has 1 rings (SSSR count). The molecule has 0 aliphatic carbocycles. The van der Waals surface area contributed by atoms with Crippen LogP contribution < -0.4 is 5.73 Å².